The Bertz CT molecular complexity index is 672. The molecule has 0 aliphatic carbocycles. The molecule has 4 nitrogen and oxygen atoms in total. The molecule has 3 rings (SSSR count). The molecule has 1 aromatic heterocycles. The fraction of sp³-hybridized carbons (Fsp3) is 0.474. The van der Waals surface area contributed by atoms with E-state index in [2.05, 4.69) is 34.3 Å². The number of anilines is 2. The molecule has 1 aliphatic rings. The summed E-state index contributed by atoms with van der Waals surface area (Å²) in [7, 11) is 0. The zero-order chi connectivity index (χ0) is 16.9. The van der Waals surface area contributed by atoms with Crippen molar-refractivity contribution in [3.63, 3.8) is 0 Å². The first-order valence-corrected chi connectivity index (χ1v) is 9.07. The minimum absolute atomic E-state index is 0.712. The maximum Gasteiger partial charge on any atom is 0.227 e. The quantitative estimate of drug-likeness (QED) is 0.876. The van der Waals surface area contributed by atoms with Crippen LogP contribution < -0.4 is 10.2 Å². The summed E-state index contributed by atoms with van der Waals surface area (Å²) in [5, 5.41) is 4.20. The van der Waals surface area contributed by atoms with Crippen molar-refractivity contribution in [2.75, 3.05) is 29.9 Å². The van der Waals surface area contributed by atoms with Crippen LogP contribution in [0.3, 0.4) is 0 Å². The molecule has 128 valence electrons. The predicted molar refractivity (Wildman–Crippen MR) is 101 cm³/mol. The first-order chi connectivity index (χ1) is 11.6. The summed E-state index contributed by atoms with van der Waals surface area (Å²) in [6.45, 7) is 7.27. The molecule has 1 fully saturated rings. The maximum absolute atomic E-state index is 5.92. The number of benzene rings is 1. The average molecular weight is 345 g/mol. The van der Waals surface area contributed by atoms with Gasteiger partial charge in [-0.15, -0.1) is 0 Å². The Morgan fingerprint density at radius 2 is 2.04 bits per heavy atom. The van der Waals surface area contributed by atoms with Gasteiger partial charge < -0.3 is 10.2 Å². The SMILES string of the molecule is Cc1cc(NCCc2ccc(Cl)cc2)nc(N2CCCC(C)C2)n1. The Kier molecular flexibility index (Phi) is 5.56. The third-order valence-electron chi connectivity index (χ3n) is 4.42. The summed E-state index contributed by atoms with van der Waals surface area (Å²) >= 11 is 5.92. The monoisotopic (exact) mass is 344 g/mol. The normalized spacial score (nSPS) is 17.8. The molecule has 0 amide bonds. The molecular formula is C19H25ClN4. The number of rotatable bonds is 5. The molecular weight excluding hydrogens is 320 g/mol. The van der Waals surface area contributed by atoms with Gasteiger partial charge in [-0.2, -0.15) is 4.98 Å². The number of halogens is 1. The van der Waals surface area contributed by atoms with Gasteiger partial charge in [0.1, 0.15) is 5.82 Å². The van der Waals surface area contributed by atoms with Crippen LogP contribution in [0.5, 0.6) is 0 Å². The Hall–Kier alpha value is -1.81. The van der Waals surface area contributed by atoms with E-state index >= 15 is 0 Å². The molecule has 24 heavy (non-hydrogen) atoms. The summed E-state index contributed by atoms with van der Waals surface area (Å²) in [6, 6.07) is 10.0. The second kappa shape index (κ2) is 7.84. The molecule has 2 heterocycles. The molecule has 2 aromatic rings. The van der Waals surface area contributed by atoms with Gasteiger partial charge in [-0.3, -0.25) is 0 Å². The second-order valence-corrected chi connectivity index (χ2v) is 7.13. The van der Waals surface area contributed by atoms with Gasteiger partial charge in [-0.25, -0.2) is 4.98 Å². The number of piperidine rings is 1. The van der Waals surface area contributed by atoms with E-state index in [4.69, 9.17) is 16.6 Å². The van der Waals surface area contributed by atoms with Crippen molar-refractivity contribution in [3.8, 4) is 0 Å². The minimum atomic E-state index is 0.712. The van der Waals surface area contributed by atoms with Crippen LogP contribution in [-0.2, 0) is 6.42 Å². The lowest BCUT2D eigenvalue weighted by Crippen LogP contribution is -2.35. The first-order valence-electron chi connectivity index (χ1n) is 8.69. The van der Waals surface area contributed by atoms with Crippen LogP contribution in [0.25, 0.3) is 0 Å². The van der Waals surface area contributed by atoms with E-state index < -0.39 is 0 Å². The maximum atomic E-state index is 5.92. The molecule has 1 unspecified atom stereocenters. The number of hydrogen-bond acceptors (Lipinski definition) is 4. The molecule has 1 saturated heterocycles. The van der Waals surface area contributed by atoms with E-state index in [-0.39, 0.29) is 0 Å². The Balaban J connectivity index is 1.62. The molecule has 0 spiro atoms. The lowest BCUT2D eigenvalue weighted by molar-refractivity contribution is 0.442. The van der Waals surface area contributed by atoms with Crippen molar-refractivity contribution in [2.24, 2.45) is 5.92 Å². The van der Waals surface area contributed by atoms with Crippen molar-refractivity contribution >= 4 is 23.4 Å². The minimum Gasteiger partial charge on any atom is -0.370 e. The Labute approximate surface area is 149 Å². The van der Waals surface area contributed by atoms with E-state index in [1.165, 1.54) is 18.4 Å². The summed E-state index contributed by atoms with van der Waals surface area (Å²) < 4.78 is 0. The smallest absolute Gasteiger partial charge is 0.227 e. The van der Waals surface area contributed by atoms with Gasteiger partial charge in [0.05, 0.1) is 0 Å². The Morgan fingerprint density at radius 1 is 1.25 bits per heavy atom. The van der Waals surface area contributed by atoms with Crippen LogP contribution in [0.4, 0.5) is 11.8 Å². The molecule has 0 saturated carbocycles. The summed E-state index contributed by atoms with van der Waals surface area (Å²) in [5.74, 6) is 2.48. The fourth-order valence-electron chi connectivity index (χ4n) is 3.14. The van der Waals surface area contributed by atoms with Gasteiger partial charge in [0.15, 0.2) is 0 Å². The number of nitrogens with zero attached hydrogens (tertiary/aromatic N) is 3. The lowest BCUT2D eigenvalue weighted by Gasteiger charge is -2.31. The molecule has 0 radical (unpaired) electrons. The van der Waals surface area contributed by atoms with Crippen LogP contribution in [0.1, 0.15) is 31.0 Å². The van der Waals surface area contributed by atoms with E-state index in [1.54, 1.807) is 0 Å². The van der Waals surface area contributed by atoms with Gasteiger partial charge in [0.2, 0.25) is 5.95 Å². The highest BCUT2D eigenvalue weighted by Crippen LogP contribution is 2.21. The van der Waals surface area contributed by atoms with Crippen LogP contribution in [0.15, 0.2) is 30.3 Å². The highest BCUT2D eigenvalue weighted by molar-refractivity contribution is 6.30. The fourth-order valence-corrected chi connectivity index (χ4v) is 3.27. The predicted octanol–water partition coefficient (Wildman–Crippen LogP) is 4.33. The third-order valence-corrected chi connectivity index (χ3v) is 4.67. The van der Waals surface area contributed by atoms with Gasteiger partial charge >= 0.3 is 0 Å². The lowest BCUT2D eigenvalue weighted by atomic mass is 10.0. The molecule has 1 N–H and O–H groups in total. The van der Waals surface area contributed by atoms with Gasteiger partial charge in [-0.05, 0) is 49.8 Å². The topological polar surface area (TPSA) is 41.1 Å². The molecule has 1 aliphatic heterocycles. The molecule has 1 aromatic carbocycles. The van der Waals surface area contributed by atoms with Gasteiger partial charge in [0.25, 0.3) is 0 Å². The number of aryl methyl sites for hydroxylation is 1. The second-order valence-electron chi connectivity index (χ2n) is 6.69. The highest BCUT2D eigenvalue weighted by Gasteiger charge is 2.19. The molecule has 1 atom stereocenters. The van der Waals surface area contributed by atoms with Gasteiger partial charge in [0, 0.05) is 36.4 Å². The first kappa shape index (κ1) is 17.0. The Morgan fingerprint density at radius 3 is 2.79 bits per heavy atom. The van der Waals surface area contributed by atoms with Crippen LogP contribution in [0.2, 0.25) is 5.02 Å². The third kappa shape index (κ3) is 4.60. The number of hydrogen-bond donors (Lipinski definition) is 1. The van der Waals surface area contributed by atoms with E-state index in [0.29, 0.717) is 5.92 Å². The number of nitrogens with one attached hydrogen (secondary N) is 1. The average Bonchev–Trinajstić information content (AvgIpc) is 2.56. The largest absolute Gasteiger partial charge is 0.370 e. The van der Waals surface area contributed by atoms with E-state index in [1.807, 2.05) is 25.1 Å². The van der Waals surface area contributed by atoms with Crippen molar-refractivity contribution in [1.29, 1.82) is 0 Å². The number of aromatic nitrogens is 2. The van der Waals surface area contributed by atoms with Crippen molar-refractivity contribution in [2.45, 2.75) is 33.1 Å². The van der Waals surface area contributed by atoms with Crippen molar-refractivity contribution in [3.05, 3.63) is 46.6 Å². The summed E-state index contributed by atoms with van der Waals surface area (Å²) in [6.07, 6.45) is 3.46. The van der Waals surface area contributed by atoms with Crippen LogP contribution in [-0.4, -0.2) is 29.6 Å². The van der Waals surface area contributed by atoms with Crippen LogP contribution in [0, 0.1) is 12.8 Å². The molecule has 0 bridgehead atoms. The summed E-state index contributed by atoms with van der Waals surface area (Å²) in [4.78, 5) is 11.7. The van der Waals surface area contributed by atoms with Crippen molar-refractivity contribution in [1.82, 2.24) is 9.97 Å². The summed E-state index contributed by atoms with van der Waals surface area (Å²) in [5.41, 5.74) is 2.27. The van der Waals surface area contributed by atoms with Crippen molar-refractivity contribution < 1.29 is 0 Å². The van der Waals surface area contributed by atoms with E-state index in [0.717, 1.165) is 48.5 Å². The molecule has 5 heteroatoms. The van der Waals surface area contributed by atoms with E-state index in [9.17, 15) is 0 Å². The zero-order valence-electron chi connectivity index (χ0n) is 14.4. The van der Waals surface area contributed by atoms with Crippen LogP contribution >= 0.6 is 11.6 Å². The standard InChI is InChI=1S/C19H25ClN4/c1-14-4-3-11-24(13-14)19-22-15(2)12-18(23-19)21-10-9-16-5-7-17(20)8-6-16/h5-8,12,14H,3-4,9-11,13H2,1-2H3,(H,21,22,23). The zero-order valence-corrected chi connectivity index (χ0v) is 15.2. The highest BCUT2D eigenvalue weighted by atomic mass is 35.5. The van der Waals surface area contributed by atoms with Gasteiger partial charge in [-0.1, -0.05) is 30.7 Å².